The Kier molecular flexibility index (Phi) is 3.90. The standard InChI is InChI=1S/C6H9N3S3/c1-2-3-12-6-8-4(10)7-5(11)9-6/h2-3H2,1H3,(H2,7,8,9,10,11). The molecule has 0 atom stereocenters. The summed E-state index contributed by atoms with van der Waals surface area (Å²) in [6, 6.07) is 0. The Morgan fingerprint density at radius 1 is 1.42 bits per heavy atom. The second-order valence-corrected chi connectivity index (χ2v) is 4.03. The molecule has 0 unspecified atom stereocenters. The van der Waals surface area contributed by atoms with Crippen LogP contribution in [0.3, 0.4) is 0 Å². The number of nitrogens with zero attached hydrogens (tertiary/aromatic N) is 1. The number of thioether (sulfide) groups is 1. The molecular weight excluding hydrogens is 210 g/mol. The van der Waals surface area contributed by atoms with E-state index in [-0.39, 0.29) is 0 Å². The van der Waals surface area contributed by atoms with Crippen LogP contribution in [0.1, 0.15) is 13.3 Å². The Labute approximate surface area is 85.0 Å². The molecule has 0 bridgehead atoms. The molecule has 0 saturated carbocycles. The van der Waals surface area contributed by atoms with Gasteiger partial charge in [-0.25, -0.2) is 0 Å². The summed E-state index contributed by atoms with van der Waals surface area (Å²) in [6.07, 6.45) is 1.11. The van der Waals surface area contributed by atoms with Crippen molar-refractivity contribution in [3.63, 3.8) is 0 Å². The third kappa shape index (κ3) is 3.04. The van der Waals surface area contributed by atoms with Gasteiger partial charge in [0.1, 0.15) is 0 Å². The van der Waals surface area contributed by atoms with Gasteiger partial charge in [-0.05, 0) is 30.9 Å². The van der Waals surface area contributed by atoms with Gasteiger partial charge in [0.15, 0.2) is 9.93 Å². The molecule has 1 aromatic heterocycles. The third-order valence-electron chi connectivity index (χ3n) is 1.09. The molecule has 0 aliphatic carbocycles. The molecule has 3 nitrogen and oxygen atoms in total. The molecule has 0 aliphatic rings. The lowest BCUT2D eigenvalue weighted by Crippen LogP contribution is -1.91. The van der Waals surface area contributed by atoms with Crippen molar-refractivity contribution in [2.24, 2.45) is 0 Å². The molecule has 0 aromatic carbocycles. The molecule has 66 valence electrons. The van der Waals surface area contributed by atoms with Crippen molar-refractivity contribution in [1.82, 2.24) is 15.0 Å². The molecule has 0 spiro atoms. The maximum atomic E-state index is 4.91. The molecule has 6 heteroatoms. The van der Waals surface area contributed by atoms with Crippen molar-refractivity contribution in [3.8, 4) is 0 Å². The fraction of sp³-hybridized carbons (Fsp3) is 0.500. The van der Waals surface area contributed by atoms with E-state index in [0.717, 1.165) is 17.3 Å². The smallest absolute Gasteiger partial charge is 0.201 e. The molecule has 0 radical (unpaired) electrons. The first-order valence-corrected chi connectivity index (χ1v) is 5.36. The van der Waals surface area contributed by atoms with E-state index < -0.39 is 0 Å². The summed E-state index contributed by atoms with van der Waals surface area (Å²) in [7, 11) is 0. The predicted octanol–water partition coefficient (Wildman–Crippen LogP) is 2.70. The first kappa shape index (κ1) is 9.88. The maximum Gasteiger partial charge on any atom is 0.201 e. The summed E-state index contributed by atoms with van der Waals surface area (Å²) in [5.41, 5.74) is 0. The van der Waals surface area contributed by atoms with Crippen molar-refractivity contribution in [1.29, 1.82) is 0 Å². The molecule has 1 aromatic rings. The van der Waals surface area contributed by atoms with Crippen molar-refractivity contribution in [2.45, 2.75) is 18.5 Å². The van der Waals surface area contributed by atoms with Crippen LogP contribution >= 0.6 is 36.2 Å². The highest BCUT2D eigenvalue weighted by Crippen LogP contribution is 2.11. The van der Waals surface area contributed by atoms with Crippen LogP contribution in [0.5, 0.6) is 0 Å². The fourth-order valence-electron chi connectivity index (χ4n) is 0.641. The van der Waals surface area contributed by atoms with Crippen molar-refractivity contribution < 1.29 is 0 Å². The highest BCUT2D eigenvalue weighted by atomic mass is 32.2. The Morgan fingerprint density at radius 3 is 2.75 bits per heavy atom. The molecule has 2 N–H and O–H groups in total. The van der Waals surface area contributed by atoms with Gasteiger partial charge in [-0.3, -0.25) is 0 Å². The zero-order valence-electron chi connectivity index (χ0n) is 6.59. The van der Waals surface area contributed by atoms with Crippen LogP contribution in [-0.4, -0.2) is 20.7 Å². The molecule has 1 rings (SSSR count). The van der Waals surface area contributed by atoms with Gasteiger partial charge in [-0.15, -0.1) is 0 Å². The van der Waals surface area contributed by atoms with E-state index in [1.54, 1.807) is 11.8 Å². The molecule has 12 heavy (non-hydrogen) atoms. The van der Waals surface area contributed by atoms with E-state index in [0.29, 0.717) is 9.54 Å². The van der Waals surface area contributed by atoms with Crippen molar-refractivity contribution >= 4 is 36.2 Å². The van der Waals surface area contributed by atoms with Crippen LogP contribution in [0.15, 0.2) is 5.16 Å². The third-order valence-corrected chi connectivity index (χ3v) is 2.56. The lowest BCUT2D eigenvalue weighted by atomic mass is 10.6. The zero-order chi connectivity index (χ0) is 8.97. The van der Waals surface area contributed by atoms with Gasteiger partial charge in [0.05, 0.1) is 0 Å². The average Bonchev–Trinajstić information content (AvgIpc) is 1.99. The minimum Gasteiger partial charge on any atom is -0.311 e. The fourth-order valence-corrected chi connectivity index (χ4v) is 1.94. The predicted molar refractivity (Wildman–Crippen MR) is 55.6 cm³/mol. The first-order valence-electron chi connectivity index (χ1n) is 3.56. The highest BCUT2D eigenvalue weighted by Gasteiger charge is 1.93. The maximum absolute atomic E-state index is 4.91. The molecule has 0 aliphatic heterocycles. The number of aromatic nitrogens is 3. The number of hydrogen-bond acceptors (Lipinski definition) is 4. The van der Waals surface area contributed by atoms with Gasteiger partial charge in [0, 0.05) is 5.75 Å². The largest absolute Gasteiger partial charge is 0.311 e. The van der Waals surface area contributed by atoms with E-state index in [9.17, 15) is 0 Å². The minimum absolute atomic E-state index is 0.442. The van der Waals surface area contributed by atoms with Gasteiger partial charge in [-0.2, -0.15) is 4.98 Å². The normalized spacial score (nSPS) is 10.1. The topological polar surface area (TPSA) is 44.5 Å². The number of aromatic amines is 2. The van der Waals surface area contributed by atoms with Crippen molar-refractivity contribution in [2.75, 3.05) is 5.75 Å². The van der Waals surface area contributed by atoms with Crippen LogP contribution < -0.4 is 0 Å². The summed E-state index contributed by atoms with van der Waals surface area (Å²) in [5.74, 6) is 1.02. The number of hydrogen-bond donors (Lipinski definition) is 2. The lowest BCUT2D eigenvalue weighted by Gasteiger charge is -1.97. The molecule has 0 saturated heterocycles. The Hall–Kier alpha value is -0.200. The van der Waals surface area contributed by atoms with Crippen molar-refractivity contribution in [3.05, 3.63) is 9.54 Å². The molecule has 0 fully saturated rings. The van der Waals surface area contributed by atoms with Crippen LogP contribution in [0.2, 0.25) is 0 Å². The zero-order valence-corrected chi connectivity index (χ0v) is 9.04. The summed E-state index contributed by atoms with van der Waals surface area (Å²) in [4.78, 5) is 9.74. The van der Waals surface area contributed by atoms with Gasteiger partial charge < -0.3 is 9.97 Å². The average molecular weight is 219 g/mol. The van der Waals surface area contributed by atoms with Gasteiger partial charge >= 0.3 is 0 Å². The minimum atomic E-state index is 0.442. The Morgan fingerprint density at radius 2 is 2.17 bits per heavy atom. The lowest BCUT2D eigenvalue weighted by molar-refractivity contribution is 0.870. The van der Waals surface area contributed by atoms with Gasteiger partial charge in [0.25, 0.3) is 0 Å². The van der Waals surface area contributed by atoms with Crippen LogP contribution in [0.25, 0.3) is 0 Å². The van der Waals surface area contributed by atoms with E-state index in [1.807, 2.05) is 0 Å². The second-order valence-electron chi connectivity index (χ2n) is 2.15. The summed E-state index contributed by atoms with van der Waals surface area (Å²) >= 11 is 11.4. The monoisotopic (exact) mass is 219 g/mol. The highest BCUT2D eigenvalue weighted by molar-refractivity contribution is 7.99. The Balaban J connectivity index is 2.86. The summed E-state index contributed by atoms with van der Waals surface area (Å²) in [6.45, 7) is 2.12. The van der Waals surface area contributed by atoms with Gasteiger partial charge in [-0.1, -0.05) is 18.7 Å². The summed E-state index contributed by atoms with van der Waals surface area (Å²) in [5, 5.41) is 0.797. The van der Waals surface area contributed by atoms with Gasteiger partial charge in [0.2, 0.25) is 4.77 Å². The molecule has 1 heterocycles. The van der Waals surface area contributed by atoms with Crippen LogP contribution in [0.4, 0.5) is 0 Å². The molecule has 0 amide bonds. The Bertz CT molecular complexity index is 325. The summed E-state index contributed by atoms with van der Waals surface area (Å²) < 4.78 is 0.978. The number of rotatable bonds is 3. The SMILES string of the molecule is CCCSc1nc(=S)[nH]c(=S)[nH]1. The molecular formula is C6H9N3S3. The van der Waals surface area contributed by atoms with Crippen LogP contribution in [-0.2, 0) is 0 Å². The quantitative estimate of drug-likeness (QED) is 0.606. The number of nitrogens with one attached hydrogen (secondary N) is 2. The van der Waals surface area contributed by atoms with E-state index in [2.05, 4.69) is 21.9 Å². The van der Waals surface area contributed by atoms with Crippen LogP contribution in [0, 0.1) is 9.54 Å². The van der Waals surface area contributed by atoms with E-state index in [4.69, 9.17) is 24.4 Å². The number of H-pyrrole nitrogens is 2. The first-order chi connectivity index (χ1) is 5.72. The van der Waals surface area contributed by atoms with E-state index >= 15 is 0 Å². The van der Waals surface area contributed by atoms with E-state index in [1.165, 1.54) is 0 Å². The second kappa shape index (κ2) is 4.74.